The van der Waals surface area contributed by atoms with Crippen molar-refractivity contribution in [1.82, 2.24) is 4.31 Å². The van der Waals surface area contributed by atoms with Gasteiger partial charge in [0.25, 0.3) is 0 Å². The highest BCUT2D eigenvalue weighted by atomic mass is 79.9. The normalized spacial score (nSPS) is 18.1. The smallest absolute Gasteiger partial charge is 0.243 e. The first-order chi connectivity index (χ1) is 7.95. The van der Waals surface area contributed by atoms with Crippen LogP contribution in [0.25, 0.3) is 0 Å². The fourth-order valence-electron chi connectivity index (χ4n) is 1.83. The number of hydrogen-bond donors (Lipinski definition) is 1. The summed E-state index contributed by atoms with van der Waals surface area (Å²) in [6.07, 6.45) is 0. The zero-order valence-corrected chi connectivity index (χ0v) is 11.8. The number of aliphatic hydroxyl groups excluding tert-OH is 1. The molecule has 2 rings (SSSR count). The highest BCUT2D eigenvalue weighted by molar-refractivity contribution is 9.10. The molecule has 0 unspecified atom stereocenters. The molecular formula is C11H14BrNO3S. The molecule has 1 aliphatic rings. The van der Waals surface area contributed by atoms with Gasteiger partial charge in [-0.2, -0.15) is 4.31 Å². The quantitative estimate of drug-likeness (QED) is 0.915. The molecule has 1 saturated heterocycles. The Balaban J connectivity index is 2.30. The lowest BCUT2D eigenvalue weighted by Crippen LogP contribution is -2.51. The summed E-state index contributed by atoms with van der Waals surface area (Å²) in [4.78, 5) is 0.336. The van der Waals surface area contributed by atoms with E-state index >= 15 is 0 Å². The third kappa shape index (κ3) is 2.40. The molecule has 1 aliphatic heterocycles. The number of sulfonamides is 1. The van der Waals surface area contributed by atoms with E-state index in [1.165, 1.54) is 4.31 Å². The summed E-state index contributed by atoms with van der Waals surface area (Å²) in [5.74, 6) is 0.0808. The molecule has 0 radical (unpaired) electrons. The average molecular weight is 320 g/mol. The Kier molecular flexibility index (Phi) is 3.58. The van der Waals surface area contributed by atoms with E-state index in [0.29, 0.717) is 18.0 Å². The Labute approximate surface area is 109 Å². The van der Waals surface area contributed by atoms with Gasteiger partial charge in [0, 0.05) is 30.1 Å². The van der Waals surface area contributed by atoms with Crippen LogP contribution in [0, 0.1) is 12.8 Å². The van der Waals surface area contributed by atoms with E-state index in [4.69, 9.17) is 5.11 Å². The molecule has 0 atom stereocenters. The topological polar surface area (TPSA) is 57.6 Å². The lowest BCUT2D eigenvalue weighted by atomic mass is 10.1. The van der Waals surface area contributed by atoms with Gasteiger partial charge in [-0.3, -0.25) is 0 Å². The van der Waals surface area contributed by atoms with E-state index in [9.17, 15) is 8.42 Å². The van der Waals surface area contributed by atoms with Crippen molar-refractivity contribution in [3.05, 3.63) is 28.2 Å². The molecule has 0 bridgehead atoms. The maximum Gasteiger partial charge on any atom is 0.243 e. The molecule has 4 nitrogen and oxygen atoms in total. The van der Waals surface area contributed by atoms with Gasteiger partial charge in [-0.15, -0.1) is 0 Å². The zero-order valence-electron chi connectivity index (χ0n) is 9.43. The van der Waals surface area contributed by atoms with E-state index in [1.807, 2.05) is 6.07 Å². The SMILES string of the molecule is Cc1ccc(Br)cc1S(=O)(=O)N1CC(CO)C1. The van der Waals surface area contributed by atoms with Crippen molar-refractivity contribution in [2.45, 2.75) is 11.8 Å². The maximum atomic E-state index is 12.3. The van der Waals surface area contributed by atoms with Crippen LogP contribution in [0.3, 0.4) is 0 Å². The van der Waals surface area contributed by atoms with Crippen molar-refractivity contribution < 1.29 is 13.5 Å². The molecule has 1 fully saturated rings. The third-order valence-corrected chi connectivity index (χ3v) is 5.42. The lowest BCUT2D eigenvalue weighted by Gasteiger charge is -2.37. The zero-order chi connectivity index (χ0) is 12.6. The Morgan fingerprint density at radius 2 is 2.12 bits per heavy atom. The fraction of sp³-hybridized carbons (Fsp3) is 0.455. The molecule has 0 spiro atoms. The third-order valence-electron chi connectivity index (χ3n) is 2.95. The van der Waals surface area contributed by atoms with Crippen molar-refractivity contribution in [3.63, 3.8) is 0 Å². The first-order valence-electron chi connectivity index (χ1n) is 5.32. The van der Waals surface area contributed by atoms with E-state index in [2.05, 4.69) is 15.9 Å². The van der Waals surface area contributed by atoms with E-state index < -0.39 is 10.0 Å². The first-order valence-corrected chi connectivity index (χ1v) is 7.55. The van der Waals surface area contributed by atoms with Gasteiger partial charge in [0.05, 0.1) is 4.90 Å². The van der Waals surface area contributed by atoms with Crippen molar-refractivity contribution in [2.24, 2.45) is 5.92 Å². The molecule has 1 aromatic carbocycles. The molecular weight excluding hydrogens is 306 g/mol. The highest BCUT2D eigenvalue weighted by Crippen LogP contribution is 2.28. The second-order valence-corrected chi connectivity index (χ2v) is 7.10. The van der Waals surface area contributed by atoms with E-state index in [-0.39, 0.29) is 12.5 Å². The van der Waals surface area contributed by atoms with Crippen LogP contribution in [0.4, 0.5) is 0 Å². The standard InChI is InChI=1S/C11H14BrNO3S/c1-8-2-3-10(12)4-11(8)17(15,16)13-5-9(6-13)7-14/h2-4,9,14H,5-7H2,1H3. The van der Waals surface area contributed by atoms with Crippen molar-refractivity contribution >= 4 is 26.0 Å². The van der Waals surface area contributed by atoms with Gasteiger partial charge < -0.3 is 5.11 Å². The maximum absolute atomic E-state index is 12.3. The summed E-state index contributed by atoms with van der Waals surface area (Å²) < 4.78 is 26.7. The number of halogens is 1. The number of hydrogen-bond acceptors (Lipinski definition) is 3. The van der Waals surface area contributed by atoms with Crippen LogP contribution in [0.1, 0.15) is 5.56 Å². The van der Waals surface area contributed by atoms with Crippen molar-refractivity contribution in [3.8, 4) is 0 Å². The summed E-state index contributed by atoms with van der Waals surface area (Å²) in [6, 6.07) is 5.22. The van der Waals surface area contributed by atoms with Gasteiger partial charge in [0.15, 0.2) is 0 Å². The fourth-order valence-corrected chi connectivity index (χ4v) is 4.18. The minimum atomic E-state index is -3.41. The second-order valence-electron chi connectivity index (χ2n) is 4.28. The largest absolute Gasteiger partial charge is 0.396 e. The molecule has 0 saturated carbocycles. The lowest BCUT2D eigenvalue weighted by molar-refractivity contribution is 0.117. The van der Waals surface area contributed by atoms with Crippen LogP contribution in [0.5, 0.6) is 0 Å². The Hall–Kier alpha value is -0.430. The minimum Gasteiger partial charge on any atom is -0.396 e. The summed E-state index contributed by atoms with van der Waals surface area (Å²) >= 11 is 3.28. The van der Waals surface area contributed by atoms with Crippen molar-refractivity contribution in [1.29, 1.82) is 0 Å². The number of benzene rings is 1. The van der Waals surface area contributed by atoms with E-state index in [0.717, 1.165) is 10.0 Å². The van der Waals surface area contributed by atoms with Gasteiger partial charge in [0.1, 0.15) is 0 Å². The van der Waals surface area contributed by atoms with Crippen LogP contribution in [-0.2, 0) is 10.0 Å². The molecule has 1 heterocycles. The summed E-state index contributed by atoms with van der Waals surface area (Å²) in [5.41, 5.74) is 0.737. The Morgan fingerprint density at radius 3 is 2.71 bits per heavy atom. The van der Waals surface area contributed by atoms with Crippen LogP contribution < -0.4 is 0 Å². The number of aryl methyl sites for hydroxylation is 1. The minimum absolute atomic E-state index is 0.0451. The molecule has 6 heteroatoms. The molecule has 17 heavy (non-hydrogen) atoms. The van der Waals surface area contributed by atoms with Crippen LogP contribution >= 0.6 is 15.9 Å². The van der Waals surface area contributed by atoms with Gasteiger partial charge in [-0.05, 0) is 24.6 Å². The number of aliphatic hydroxyl groups is 1. The molecule has 0 aromatic heterocycles. The number of rotatable bonds is 3. The molecule has 1 N–H and O–H groups in total. The van der Waals surface area contributed by atoms with E-state index in [1.54, 1.807) is 19.1 Å². The predicted molar refractivity (Wildman–Crippen MR) is 68.2 cm³/mol. The predicted octanol–water partition coefficient (Wildman–Crippen LogP) is 1.37. The average Bonchev–Trinajstić information content (AvgIpc) is 2.19. The first kappa shape index (κ1) is 13.0. The molecule has 0 aliphatic carbocycles. The number of nitrogens with zero attached hydrogens (tertiary/aromatic N) is 1. The molecule has 94 valence electrons. The summed E-state index contributed by atoms with van der Waals surface area (Å²) in [7, 11) is -3.41. The van der Waals surface area contributed by atoms with Crippen LogP contribution in [-0.4, -0.2) is 37.5 Å². The monoisotopic (exact) mass is 319 g/mol. The second kappa shape index (κ2) is 4.68. The Morgan fingerprint density at radius 1 is 1.47 bits per heavy atom. The van der Waals surface area contributed by atoms with Crippen molar-refractivity contribution in [2.75, 3.05) is 19.7 Å². The molecule has 1 aromatic rings. The van der Waals surface area contributed by atoms with Gasteiger partial charge in [-0.1, -0.05) is 22.0 Å². The highest BCUT2D eigenvalue weighted by Gasteiger charge is 2.36. The summed E-state index contributed by atoms with van der Waals surface area (Å²) in [5, 5.41) is 8.91. The van der Waals surface area contributed by atoms with Gasteiger partial charge in [0.2, 0.25) is 10.0 Å². The van der Waals surface area contributed by atoms with Crippen LogP contribution in [0.15, 0.2) is 27.6 Å². The molecule has 0 amide bonds. The Bertz CT molecular complexity index is 524. The van der Waals surface area contributed by atoms with Gasteiger partial charge in [-0.25, -0.2) is 8.42 Å². The van der Waals surface area contributed by atoms with Crippen LogP contribution in [0.2, 0.25) is 0 Å². The van der Waals surface area contributed by atoms with Gasteiger partial charge >= 0.3 is 0 Å². The summed E-state index contributed by atoms with van der Waals surface area (Å²) in [6.45, 7) is 2.64.